The lowest BCUT2D eigenvalue weighted by molar-refractivity contribution is -0.138. The molecule has 0 aliphatic carbocycles. The third-order valence-corrected chi connectivity index (χ3v) is 7.11. The van der Waals surface area contributed by atoms with E-state index < -0.39 is 40.8 Å². The summed E-state index contributed by atoms with van der Waals surface area (Å²) in [5.41, 5.74) is -0.0178. The number of rotatable bonds is 4. The van der Waals surface area contributed by atoms with E-state index in [1.54, 1.807) is 24.3 Å². The van der Waals surface area contributed by atoms with Gasteiger partial charge in [0.25, 0.3) is 11.1 Å². The third-order valence-electron chi connectivity index (χ3n) is 6.23. The molecule has 2 amide bonds. The topological polar surface area (TPSA) is 87.5 Å². The van der Waals surface area contributed by atoms with Crippen molar-refractivity contribution in [3.63, 3.8) is 0 Å². The van der Waals surface area contributed by atoms with E-state index in [1.165, 1.54) is 10.9 Å². The van der Waals surface area contributed by atoms with Crippen LogP contribution in [0.4, 0.5) is 22.4 Å². The van der Waals surface area contributed by atoms with E-state index in [-0.39, 0.29) is 17.0 Å². The van der Waals surface area contributed by atoms with Gasteiger partial charge >= 0.3 is 6.18 Å². The lowest BCUT2D eigenvalue weighted by atomic mass is 10.0. The maximum Gasteiger partial charge on any atom is 0.416 e. The minimum Gasteiger partial charge on any atom is -0.390 e. The largest absolute Gasteiger partial charge is 0.416 e. The number of imide groups is 1. The number of carbonyl (C=O) groups excluding carboxylic acids is 2. The molecule has 3 aromatic rings. The standard InChI is InChI=1S/C24H20F4N4O3S/c25-16-3-2-14(17(9-16)24(26,27)28)12-31-18-4-1-13(7-15(18)10-30-31)8-21-22(34)32(23(35)36-21)19-5-6-29-11-20(19)33/h1-4,7-10,19-20,29,33H,5-6,11-12H2/t19-,20-/m1/s1. The van der Waals surface area contributed by atoms with E-state index in [4.69, 9.17) is 0 Å². The van der Waals surface area contributed by atoms with Crippen LogP contribution in [-0.4, -0.2) is 56.2 Å². The van der Waals surface area contributed by atoms with Gasteiger partial charge in [-0.05, 0) is 66.2 Å². The number of aliphatic hydroxyl groups excluding tert-OH is 1. The Balaban J connectivity index is 1.40. The fourth-order valence-electron chi connectivity index (χ4n) is 4.48. The van der Waals surface area contributed by atoms with Gasteiger partial charge in [0.1, 0.15) is 5.82 Å². The third kappa shape index (κ3) is 4.63. The van der Waals surface area contributed by atoms with Crippen LogP contribution in [-0.2, 0) is 17.5 Å². The lowest BCUT2D eigenvalue weighted by Crippen LogP contribution is -2.54. The van der Waals surface area contributed by atoms with E-state index in [0.717, 1.165) is 28.8 Å². The van der Waals surface area contributed by atoms with Crippen molar-refractivity contribution >= 4 is 39.9 Å². The molecule has 188 valence electrons. The molecule has 36 heavy (non-hydrogen) atoms. The number of hydrogen-bond acceptors (Lipinski definition) is 6. The number of halogens is 4. The first-order valence-electron chi connectivity index (χ1n) is 11.1. The first-order valence-corrected chi connectivity index (χ1v) is 11.9. The Labute approximate surface area is 206 Å². The van der Waals surface area contributed by atoms with Crippen LogP contribution in [0.3, 0.4) is 0 Å². The first kappa shape index (κ1) is 24.5. The van der Waals surface area contributed by atoms with E-state index in [9.17, 15) is 32.3 Å². The molecule has 0 radical (unpaired) electrons. The maximum absolute atomic E-state index is 13.4. The molecule has 0 bridgehead atoms. The van der Waals surface area contributed by atoms with Crippen LogP contribution < -0.4 is 5.32 Å². The van der Waals surface area contributed by atoms with E-state index in [1.807, 2.05) is 0 Å². The molecule has 3 heterocycles. The lowest BCUT2D eigenvalue weighted by Gasteiger charge is -2.33. The number of aliphatic hydroxyl groups is 1. The number of alkyl halides is 3. The molecule has 12 heteroatoms. The predicted molar refractivity (Wildman–Crippen MR) is 125 cm³/mol. The van der Waals surface area contributed by atoms with Gasteiger partial charge in [0.05, 0.1) is 40.9 Å². The molecule has 2 aliphatic rings. The summed E-state index contributed by atoms with van der Waals surface area (Å²) in [7, 11) is 0. The average molecular weight is 521 g/mol. The van der Waals surface area contributed by atoms with Crippen LogP contribution in [0.25, 0.3) is 17.0 Å². The minimum absolute atomic E-state index is 0.119. The number of carbonyl (C=O) groups is 2. The maximum atomic E-state index is 13.4. The summed E-state index contributed by atoms with van der Waals surface area (Å²) in [4.78, 5) is 26.8. The van der Waals surface area contributed by atoms with Gasteiger partial charge in [-0.1, -0.05) is 12.1 Å². The van der Waals surface area contributed by atoms with Crippen molar-refractivity contribution in [1.82, 2.24) is 20.0 Å². The second kappa shape index (κ2) is 9.34. The Morgan fingerprint density at radius 2 is 2.00 bits per heavy atom. The first-order chi connectivity index (χ1) is 17.1. The van der Waals surface area contributed by atoms with Gasteiger partial charge in [0, 0.05) is 11.9 Å². The molecule has 7 nitrogen and oxygen atoms in total. The zero-order valence-corrected chi connectivity index (χ0v) is 19.4. The fourth-order valence-corrected chi connectivity index (χ4v) is 5.37. The Morgan fingerprint density at radius 1 is 1.19 bits per heavy atom. The van der Waals surface area contributed by atoms with Crippen molar-refractivity contribution in [2.75, 3.05) is 13.1 Å². The Bertz CT molecular complexity index is 1390. The van der Waals surface area contributed by atoms with Gasteiger partial charge in [0.15, 0.2) is 0 Å². The van der Waals surface area contributed by atoms with Gasteiger partial charge in [0.2, 0.25) is 0 Å². The number of amides is 2. The van der Waals surface area contributed by atoms with E-state index in [0.29, 0.717) is 42.0 Å². The highest BCUT2D eigenvalue weighted by atomic mass is 32.2. The van der Waals surface area contributed by atoms with Gasteiger partial charge in [-0.25, -0.2) is 4.39 Å². The van der Waals surface area contributed by atoms with Crippen LogP contribution in [0.5, 0.6) is 0 Å². The van der Waals surface area contributed by atoms with Crippen molar-refractivity contribution in [3.8, 4) is 0 Å². The fraction of sp³-hybridized carbons (Fsp3) is 0.292. The highest BCUT2D eigenvalue weighted by Gasteiger charge is 2.43. The van der Waals surface area contributed by atoms with Gasteiger partial charge < -0.3 is 10.4 Å². The van der Waals surface area contributed by atoms with Crippen LogP contribution in [0, 0.1) is 5.82 Å². The number of thioether (sulfide) groups is 1. The summed E-state index contributed by atoms with van der Waals surface area (Å²) < 4.78 is 54.9. The molecule has 5 rings (SSSR count). The smallest absolute Gasteiger partial charge is 0.390 e. The molecule has 1 aromatic heterocycles. The molecule has 2 aromatic carbocycles. The summed E-state index contributed by atoms with van der Waals surface area (Å²) >= 11 is 0.799. The molecule has 2 N–H and O–H groups in total. The van der Waals surface area contributed by atoms with E-state index in [2.05, 4.69) is 10.4 Å². The highest BCUT2D eigenvalue weighted by molar-refractivity contribution is 8.18. The van der Waals surface area contributed by atoms with Crippen molar-refractivity contribution < 1.29 is 32.3 Å². The summed E-state index contributed by atoms with van der Waals surface area (Å²) in [5, 5.41) is 17.6. The summed E-state index contributed by atoms with van der Waals surface area (Å²) in [6, 6.07) is 6.99. The number of β-amino-alcohol motifs (C(OH)–C–C–N with tert-alkyl or cyclic N) is 1. The highest BCUT2D eigenvalue weighted by Crippen LogP contribution is 2.36. The number of fused-ring (bicyclic) bond motifs is 1. The van der Waals surface area contributed by atoms with Gasteiger partial charge in [-0.2, -0.15) is 18.3 Å². The Hall–Kier alpha value is -3.22. The van der Waals surface area contributed by atoms with Crippen molar-refractivity contribution in [3.05, 3.63) is 70.0 Å². The zero-order chi connectivity index (χ0) is 25.6. The normalized spacial score (nSPS) is 22.2. The Morgan fingerprint density at radius 3 is 2.75 bits per heavy atom. The summed E-state index contributed by atoms with van der Waals surface area (Å²) in [6.07, 6.45) is -2.03. The van der Waals surface area contributed by atoms with Gasteiger partial charge in [-0.15, -0.1) is 0 Å². The molecule has 2 aliphatic heterocycles. The molecule has 0 saturated carbocycles. The monoisotopic (exact) mass is 520 g/mol. The average Bonchev–Trinajstić information content (AvgIpc) is 3.34. The molecular weight excluding hydrogens is 500 g/mol. The van der Waals surface area contributed by atoms with Crippen molar-refractivity contribution in [2.45, 2.75) is 31.3 Å². The molecule has 2 fully saturated rings. The number of piperidine rings is 1. The second-order valence-electron chi connectivity index (χ2n) is 8.60. The van der Waals surface area contributed by atoms with Crippen LogP contribution >= 0.6 is 11.8 Å². The van der Waals surface area contributed by atoms with Crippen LogP contribution in [0.2, 0.25) is 0 Å². The van der Waals surface area contributed by atoms with Crippen LogP contribution in [0.15, 0.2) is 47.5 Å². The number of aromatic nitrogens is 2. The molecule has 2 saturated heterocycles. The van der Waals surface area contributed by atoms with Crippen LogP contribution in [0.1, 0.15) is 23.1 Å². The number of benzene rings is 2. The molecule has 0 unspecified atom stereocenters. The Kier molecular flexibility index (Phi) is 6.35. The second-order valence-corrected chi connectivity index (χ2v) is 9.59. The van der Waals surface area contributed by atoms with Crippen molar-refractivity contribution in [2.24, 2.45) is 0 Å². The quantitative estimate of drug-likeness (QED) is 0.400. The minimum atomic E-state index is -4.71. The zero-order valence-electron chi connectivity index (χ0n) is 18.6. The van der Waals surface area contributed by atoms with Gasteiger partial charge in [-0.3, -0.25) is 19.2 Å². The molecule has 2 atom stereocenters. The molecule has 0 spiro atoms. The predicted octanol–water partition coefficient (Wildman–Crippen LogP) is 4.00. The number of nitrogens with one attached hydrogen (secondary N) is 1. The number of hydrogen-bond donors (Lipinski definition) is 2. The number of nitrogens with zero attached hydrogens (tertiary/aromatic N) is 3. The van der Waals surface area contributed by atoms with E-state index >= 15 is 0 Å². The molecular formula is C24H20F4N4O3S. The van der Waals surface area contributed by atoms with Crippen molar-refractivity contribution in [1.29, 1.82) is 0 Å². The summed E-state index contributed by atoms with van der Waals surface area (Å²) in [5.74, 6) is -1.44. The summed E-state index contributed by atoms with van der Waals surface area (Å²) in [6.45, 7) is 0.676. The SMILES string of the molecule is O=C1SC(=Cc2ccc3c(cnn3Cc3ccc(F)cc3C(F)(F)F)c2)C(=O)N1[C@@H]1CCNC[C@H]1O.